The van der Waals surface area contributed by atoms with Gasteiger partial charge in [-0.05, 0) is 55.6 Å². The number of fused-ring (bicyclic) bond motifs is 5. The highest BCUT2D eigenvalue weighted by molar-refractivity contribution is 5.89. The van der Waals surface area contributed by atoms with Crippen molar-refractivity contribution in [1.82, 2.24) is 9.55 Å². The van der Waals surface area contributed by atoms with E-state index in [-0.39, 0.29) is 18.6 Å². The van der Waals surface area contributed by atoms with Crippen molar-refractivity contribution in [2.45, 2.75) is 45.4 Å². The van der Waals surface area contributed by atoms with Crippen LogP contribution in [-0.2, 0) is 34.7 Å². The molecule has 0 amide bonds. The second-order valence-electron chi connectivity index (χ2n) is 8.06. The molecule has 5 rings (SSSR count). The molecule has 3 N–H and O–H groups in total. The minimum atomic E-state index is -1.81. The van der Waals surface area contributed by atoms with Gasteiger partial charge in [-0.2, -0.15) is 0 Å². The molecule has 7 heteroatoms. The number of carbonyl (C=O) groups is 1. The molecule has 1 aromatic carbocycles. The van der Waals surface area contributed by atoms with Gasteiger partial charge in [-0.25, -0.2) is 9.78 Å². The summed E-state index contributed by atoms with van der Waals surface area (Å²) in [6.45, 7) is 4.61. The number of aromatic nitrogens is 2. The molecule has 2 aromatic heterocycles. The van der Waals surface area contributed by atoms with Gasteiger partial charge in [0.1, 0.15) is 6.61 Å². The molecule has 0 radical (unpaired) electrons. The number of benzene rings is 1. The van der Waals surface area contributed by atoms with Crippen LogP contribution in [0.15, 0.2) is 29.1 Å². The maximum absolute atomic E-state index is 13.2. The lowest BCUT2D eigenvalue weighted by molar-refractivity contribution is -0.172. The largest absolute Gasteiger partial charge is 0.458 e. The molecular weight excluding hydrogens is 382 g/mol. The van der Waals surface area contributed by atoms with Gasteiger partial charge in [0.25, 0.3) is 5.56 Å². The number of esters is 1. The fourth-order valence-corrected chi connectivity index (χ4v) is 4.65. The molecule has 0 bridgehead atoms. The van der Waals surface area contributed by atoms with Crippen molar-refractivity contribution in [2.24, 2.45) is 5.73 Å². The van der Waals surface area contributed by atoms with E-state index in [1.165, 1.54) is 0 Å². The van der Waals surface area contributed by atoms with E-state index in [0.29, 0.717) is 29.9 Å². The molecule has 3 aromatic rings. The van der Waals surface area contributed by atoms with E-state index in [9.17, 15) is 14.7 Å². The number of cyclic esters (lactones) is 1. The van der Waals surface area contributed by atoms with Gasteiger partial charge in [-0.3, -0.25) is 4.79 Å². The first-order valence-corrected chi connectivity index (χ1v) is 10.2. The van der Waals surface area contributed by atoms with E-state index in [1.54, 1.807) is 17.6 Å². The van der Waals surface area contributed by atoms with Gasteiger partial charge in [-0.15, -0.1) is 0 Å². The lowest BCUT2D eigenvalue weighted by Crippen LogP contribution is -2.44. The molecule has 30 heavy (non-hydrogen) atoms. The van der Waals surface area contributed by atoms with Crippen molar-refractivity contribution < 1.29 is 14.6 Å². The molecule has 0 saturated heterocycles. The lowest BCUT2D eigenvalue weighted by atomic mass is 9.86. The van der Waals surface area contributed by atoms with E-state index in [1.807, 2.05) is 19.1 Å². The lowest BCUT2D eigenvalue weighted by Gasteiger charge is -2.31. The second kappa shape index (κ2) is 6.48. The number of carbonyl (C=O) groups excluding carboxylic acids is 1. The summed E-state index contributed by atoms with van der Waals surface area (Å²) in [6, 6.07) is 7.86. The summed E-state index contributed by atoms with van der Waals surface area (Å²) < 4.78 is 6.79. The molecule has 0 fully saturated rings. The normalized spacial score (nSPS) is 19.4. The Balaban J connectivity index is 1.76. The summed E-state index contributed by atoms with van der Waals surface area (Å²) in [7, 11) is 0. The molecule has 2 aliphatic heterocycles. The van der Waals surface area contributed by atoms with Gasteiger partial charge in [-0.1, -0.05) is 13.0 Å². The Morgan fingerprint density at radius 1 is 1.27 bits per heavy atom. The van der Waals surface area contributed by atoms with Gasteiger partial charge in [0.05, 0.1) is 29.0 Å². The average Bonchev–Trinajstić information content (AvgIpc) is 3.11. The van der Waals surface area contributed by atoms with Crippen LogP contribution in [0.3, 0.4) is 0 Å². The predicted molar refractivity (Wildman–Crippen MR) is 112 cm³/mol. The van der Waals surface area contributed by atoms with Gasteiger partial charge in [0.2, 0.25) is 0 Å². The molecule has 1 atom stereocenters. The maximum atomic E-state index is 13.2. The van der Waals surface area contributed by atoms with Crippen LogP contribution in [-0.4, -0.2) is 27.2 Å². The van der Waals surface area contributed by atoms with E-state index >= 15 is 0 Å². The molecule has 1 unspecified atom stereocenters. The quantitative estimate of drug-likeness (QED) is 0.504. The minimum absolute atomic E-state index is 0.122. The van der Waals surface area contributed by atoms with Crippen LogP contribution in [0.1, 0.15) is 41.2 Å². The topological polar surface area (TPSA) is 107 Å². The van der Waals surface area contributed by atoms with Crippen LogP contribution < -0.4 is 11.3 Å². The molecule has 7 nitrogen and oxygen atoms in total. The summed E-state index contributed by atoms with van der Waals surface area (Å²) in [5.41, 5.74) is 9.74. The van der Waals surface area contributed by atoms with Crippen molar-refractivity contribution in [3.8, 4) is 11.4 Å². The van der Waals surface area contributed by atoms with Crippen molar-refractivity contribution in [2.75, 3.05) is 6.54 Å². The molecule has 0 aliphatic carbocycles. The number of pyridine rings is 2. The van der Waals surface area contributed by atoms with Crippen molar-refractivity contribution >= 4 is 16.9 Å². The summed E-state index contributed by atoms with van der Waals surface area (Å²) >= 11 is 0. The first-order valence-electron chi connectivity index (χ1n) is 10.2. The van der Waals surface area contributed by atoms with Crippen LogP contribution in [0, 0.1) is 6.92 Å². The summed E-state index contributed by atoms with van der Waals surface area (Å²) in [6.07, 6.45) is 0.922. The highest BCUT2D eigenvalue weighted by Crippen LogP contribution is 2.40. The zero-order valence-corrected chi connectivity index (χ0v) is 17.0. The van der Waals surface area contributed by atoms with Crippen molar-refractivity contribution in [3.63, 3.8) is 0 Å². The van der Waals surface area contributed by atoms with E-state index in [2.05, 4.69) is 6.07 Å². The Morgan fingerprint density at radius 3 is 2.80 bits per heavy atom. The van der Waals surface area contributed by atoms with Crippen LogP contribution >= 0.6 is 0 Å². The van der Waals surface area contributed by atoms with E-state index in [0.717, 1.165) is 39.7 Å². The minimum Gasteiger partial charge on any atom is -0.458 e. The second-order valence-corrected chi connectivity index (χ2v) is 8.06. The zero-order valence-electron chi connectivity index (χ0n) is 17.0. The molecule has 0 spiro atoms. The van der Waals surface area contributed by atoms with Gasteiger partial charge in [0, 0.05) is 16.5 Å². The summed E-state index contributed by atoms with van der Waals surface area (Å²) in [5.74, 6) is -0.713. The predicted octanol–water partition coefficient (Wildman–Crippen LogP) is 1.89. The van der Waals surface area contributed by atoms with Gasteiger partial charge < -0.3 is 20.1 Å². The third kappa shape index (κ3) is 2.42. The Morgan fingerprint density at radius 2 is 2.07 bits per heavy atom. The third-order valence-corrected chi connectivity index (χ3v) is 6.47. The smallest absolute Gasteiger partial charge is 0.343 e. The first-order chi connectivity index (χ1) is 14.4. The number of aryl methyl sites for hydroxylation is 1. The number of nitrogens with two attached hydrogens (primary N) is 1. The first kappa shape index (κ1) is 19.0. The SMILES string of the molecule is CCC1(O)C(=O)OCc2c1cc1n(c2=O)Cc2c-1nc1ccc(CCN)cc1c2C. The number of nitrogens with zero attached hydrogens (tertiary/aromatic N) is 2. The summed E-state index contributed by atoms with van der Waals surface area (Å²) in [5, 5.41) is 12.0. The molecule has 2 aliphatic rings. The fraction of sp³-hybridized carbons (Fsp3) is 0.348. The average molecular weight is 405 g/mol. The van der Waals surface area contributed by atoms with Crippen molar-refractivity contribution in [3.05, 3.63) is 62.4 Å². The molecule has 0 saturated carbocycles. The van der Waals surface area contributed by atoms with Crippen LogP contribution in [0.2, 0.25) is 0 Å². The maximum Gasteiger partial charge on any atom is 0.343 e. The van der Waals surface area contributed by atoms with E-state index < -0.39 is 11.6 Å². The van der Waals surface area contributed by atoms with Crippen LogP contribution in [0.25, 0.3) is 22.3 Å². The molecular formula is C23H23N3O4. The highest BCUT2D eigenvalue weighted by atomic mass is 16.6. The Hall–Kier alpha value is -3.03. The third-order valence-electron chi connectivity index (χ3n) is 6.47. The molecule has 154 valence electrons. The fourth-order valence-electron chi connectivity index (χ4n) is 4.65. The van der Waals surface area contributed by atoms with Gasteiger partial charge >= 0.3 is 5.97 Å². The number of rotatable bonds is 3. The number of hydrogen-bond donors (Lipinski definition) is 2. The zero-order chi connectivity index (χ0) is 21.2. The van der Waals surface area contributed by atoms with Crippen LogP contribution in [0.4, 0.5) is 0 Å². The van der Waals surface area contributed by atoms with Gasteiger partial charge in [0.15, 0.2) is 5.60 Å². The van der Waals surface area contributed by atoms with Crippen LogP contribution in [0.5, 0.6) is 0 Å². The van der Waals surface area contributed by atoms with Crippen molar-refractivity contribution in [1.29, 1.82) is 0 Å². The summed E-state index contributed by atoms with van der Waals surface area (Å²) in [4.78, 5) is 30.4. The number of hydrogen-bond acceptors (Lipinski definition) is 6. The number of ether oxygens (including phenoxy) is 1. The standard InChI is InChI=1S/C23H23N3O4/c1-3-23(29)17-9-19-20-15(10-26(19)21(27)16(17)11-30-22(23)28)12(2)14-8-13(6-7-24)4-5-18(14)25-20/h4-5,8-9,29H,3,6-7,10-11,24H2,1-2H3. The monoisotopic (exact) mass is 405 g/mol. The highest BCUT2D eigenvalue weighted by Gasteiger charge is 2.45. The Labute approximate surface area is 173 Å². The molecule has 4 heterocycles. The Bertz CT molecular complexity index is 1290. The Kier molecular flexibility index (Phi) is 4.10. The van der Waals surface area contributed by atoms with E-state index in [4.69, 9.17) is 15.5 Å². The number of aliphatic hydroxyl groups is 1.